The lowest BCUT2D eigenvalue weighted by Crippen LogP contribution is -2.10. The number of methoxy groups -OCH3 is 1. The molecular weight excluding hydrogens is 262 g/mol. The van der Waals surface area contributed by atoms with Crippen molar-refractivity contribution in [1.29, 1.82) is 0 Å². The number of nitrogen functional groups attached to an aromatic ring is 1. The van der Waals surface area contributed by atoms with Gasteiger partial charge in [-0.3, -0.25) is 0 Å². The van der Waals surface area contributed by atoms with Crippen LogP contribution in [0.2, 0.25) is 0 Å². The average Bonchev–Trinajstić information content (AvgIpc) is 2.91. The molecule has 0 bridgehead atoms. The second-order valence-electron chi connectivity index (χ2n) is 3.98. The van der Waals surface area contributed by atoms with Crippen LogP contribution in [0, 0.1) is 0 Å². The fraction of sp³-hybridized carbons (Fsp3) is 0.214. The lowest BCUT2D eigenvalue weighted by molar-refractivity contribution is 0.0506. The molecule has 0 aliphatic heterocycles. The van der Waals surface area contributed by atoms with Gasteiger partial charge in [0.2, 0.25) is 0 Å². The Kier molecular flexibility index (Phi) is 4.41. The van der Waals surface area contributed by atoms with Crippen LogP contribution in [-0.2, 0) is 11.2 Å². The third kappa shape index (κ3) is 3.48. The third-order valence-electron chi connectivity index (χ3n) is 2.65. The average molecular weight is 277 g/mol. The van der Waals surface area contributed by atoms with Gasteiger partial charge in [-0.15, -0.1) is 0 Å². The summed E-state index contributed by atoms with van der Waals surface area (Å²) >= 11 is 1.63. The van der Waals surface area contributed by atoms with Crippen molar-refractivity contribution in [2.75, 3.05) is 19.5 Å². The zero-order chi connectivity index (χ0) is 13.7. The van der Waals surface area contributed by atoms with E-state index in [0.717, 1.165) is 5.56 Å². The predicted molar refractivity (Wildman–Crippen MR) is 75.7 cm³/mol. The fourth-order valence-electron chi connectivity index (χ4n) is 1.66. The zero-order valence-corrected chi connectivity index (χ0v) is 11.4. The van der Waals surface area contributed by atoms with E-state index >= 15 is 0 Å². The Hall–Kier alpha value is -2.01. The minimum Gasteiger partial charge on any atom is -0.496 e. The van der Waals surface area contributed by atoms with E-state index < -0.39 is 5.97 Å². The standard InChI is InChI=1S/C14H15NO3S/c1-17-13-3-2-11(15)8-12(13)14(16)18-6-4-10-5-7-19-9-10/h2-3,5,7-9H,4,6,15H2,1H3. The molecular formula is C14H15NO3S. The lowest BCUT2D eigenvalue weighted by atomic mass is 10.2. The Balaban J connectivity index is 1.97. The van der Waals surface area contributed by atoms with Crippen LogP contribution >= 0.6 is 11.3 Å². The summed E-state index contributed by atoms with van der Waals surface area (Å²) < 4.78 is 10.3. The Morgan fingerprint density at radius 2 is 2.21 bits per heavy atom. The molecule has 0 saturated heterocycles. The first-order valence-corrected chi connectivity index (χ1v) is 6.76. The van der Waals surface area contributed by atoms with Gasteiger partial charge in [0.05, 0.1) is 13.7 Å². The highest BCUT2D eigenvalue weighted by atomic mass is 32.1. The summed E-state index contributed by atoms with van der Waals surface area (Å²) in [6.07, 6.45) is 0.708. The SMILES string of the molecule is COc1ccc(N)cc1C(=O)OCCc1ccsc1. The van der Waals surface area contributed by atoms with Crippen molar-refractivity contribution in [2.24, 2.45) is 0 Å². The number of hydrogen-bond acceptors (Lipinski definition) is 5. The van der Waals surface area contributed by atoms with Crippen LogP contribution in [0.15, 0.2) is 35.0 Å². The molecule has 4 nitrogen and oxygen atoms in total. The third-order valence-corrected chi connectivity index (χ3v) is 3.38. The van der Waals surface area contributed by atoms with Gasteiger partial charge in [-0.25, -0.2) is 4.79 Å². The molecule has 0 aliphatic rings. The molecule has 0 unspecified atom stereocenters. The number of rotatable bonds is 5. The highest BCUT2D eigenvalue weighted by Gasteiger charge is 2.14. The van der Waals surface area contributed by atoms with Gasteiger partial charge in [0, 0.05) is 12.1 Å². The minimum atomic E-state index is -0.417. The normalized spacial score (nSPS) is 10.2. The number of ether oxygens (including phenoxy) is 2. The van der Waals surface area contributed by atoms with Gasteiger partial charge in [0.25, 0.3) is 0 Å². The second-order valence-corrected chi connectivity index (χ2v) is 4.76. The summed E-state index contributed by atoms with van der Waals surface area (Å²) in [6, 6.07) is 6.91. The van der Waals surface area contributed by atoms with Gasteiger partial charge in [0.15, 0.2) is 0 Å². The van der Waals surface area contributed by atoms with E-state index in [2.05, 4.69) is 0 Å². The zero-order valence-electron chi connectivity index (χ0n) is 10.6. The van der Waals surface area contributed by atoms with Crippen LogP contribution in [0.4, 0.5) is 5.69 Å². The number of nitrogens with two attached hydrogens (primary N) is 1. The molecule has 0 spiro atoms. The molecule has 0 amide bonds. The summed E-state index contributed by atoms with van der Waals surface area (Å²) in [7, 11) is 1.51. The van der Waals surface area contributed by atoms with Crippen LogP contribution in [0.5, 0.6) is 5.75 Å². The van der Waals surface area contributed by atoms with Crippen molar-refractivity contribution in [3.05, 3.63) is 46.2 Å². The van der Waals surface area contributed by atoms with Crippen molar-refractivity contribution in [1.82, 2.24) is 0 Å². The van der Waals surface area contributed by atoms with Gasteiger partial charge in [-0.1, -0.05) is 0 Å². The summed E-state index contributed by atoms with van der Waals surface area (Å²) in [5.74, 6) is 0.0501. The minimum absolute atomic E-state index is 0.341. The molecule has 19 heavy (non-hydrogen) atoms. The molecule has 1 aromatic carbocycles. The summed E-state index contributed by atoms with van der Waals surface area (Å²) in [5, 5.41) is 4.03. The maximum Gasteiger partial charge on any atom is 0.342 e. The first kappa shape index (κ1) is 13.4. The van der Waals surface area contributed by atoms with Gasteiger partial charge >= 0.3 is 5.97 Å². The van der Waals surface area contributed by atoms with E-state index in [1.54, 1.807) is 29.5 Å². The number of carbonyl (C=O) groups is 1. The number of hydrogen-bond donors (Lipinski definition) is 1. The number of benzene rings is 1. The van der Waals surface area contributed by atoms with Crippen molar-refractivity contribution in [2.45, 2.75) is 6.42 Å². The Bertz CT molecular complexity index is 552. The van der Waals surface area contributed by atoms with Crippen molar-refractivity contribution in [3.63, 3.8) is 0 Å². The first-order valence-electron chi connectivity index (χ1n) is 5.82. The summed E-state index contributed by atoms with van der Waals surface area (Å²) in [6.45, 7) is 0.341. The van der Waals surface area contributed by atoms with Crippen molar-refractivity contribution < 1.29 is 14.3 Å². The number of thiophene rings is 1. The van der Waals surface area contributed by atoms with Crippen LogP contribution in [-0.4, -0.2) is 19.7 Å². The van der Waals surface area contributed by atoms with E-state index in [1.807, 2.05) is 16.8 Å². The topological polar surface area (TPSA) is 61.5 Å². The van der Waals surface area contributed by atoms with Crippen molar-refractivity contribution >= 4 is 23.0 Å². The molecule has 2 N–H and O–H groups in total. The maximum absolute atomic E-state index is 11.9. The van der Waals surface area contributed by atoms with Gasteiger partial charge in [-0.2, -0.15) is 11.3 Å². The highest BCUT2D eigenvalue weighted by molar-refractivity contribution is 7.07. The van der Waals surface area contributed by atoms with Crippen LogP contribution in [0.3, 0.4) is 0 Å². The molecule has 5 heteroatoms. The van der Waals surface area contributed by atoms with Crippen LogP contribution < -0.4 is 10.5 Å². The molecule has 0 saturated carbocycles. The smallest absolute Gasteiger partial charge is 0.342 e. The molecule has 0 fully saturated rings. The number of carbonyl (C=O) groups excluding carboxylic acids is 1. The van der Waals surface area contributed by atoms with E-state index in [1.165, 1.54) is 7.11 Å². The van der Waals surface area contributed by atoms with E-state index in [-0.39, 0.29) is 0 Å². The van der Waals surface area contributed by atoms with Gasteiger partial charge in [-0.05, 0) is 40.6 Å². The molecule has 2 aromatic rings. The molecule has 2 rings (SSSR count). The molecule has 100 valence electrons. The molecule has 0 atom stereocenters. The Morgan fingerprint density at radius 3 is 2.89 bits per heavy atom. The second kappa shape index (κ2) is 6.24. The van der Waals surface area contributed by atoms with E-state index in [4.69, 9.17) is 15.2 Å². The quantitative estimate of drug-likeness (QED) is 0.674. The highest BCUT2D eigenvalue weighted by Crippen LogP contribution is 2.22. The van der Waals surface area contributed by atoms with Crippen LogP contribution in [0.25, 0.3) is 0 Å². The summed E-state index contributed by atoms with van der Waals surface area (Å²) in [5.41, 5.74) is 7.69. The Labute approximate surface area is 115 Å². The maximum atomic E-state index is 11.9. The van der Waals surface area contributed by atoms with Crippen LogP contribution in [0.1, 0.15) is 15.9 Å². The monoisotopic (exact) mass is 277 g/mol. The van der Waals surface area contributed by atoms with E-state index in [9.17, 15) is 4.79 Å². The van der Waals surface area contributed by atoms with E-state index in [0.29, 0.717) is 30.0 Å². The predicted octanol–water partition coefficient (Wildman–Crippen LogP) is 2.74. The molecule has 1 heterocycles. The molecule has 1 aromatic heterocycles. The van der Waals surface area contributed by atoms with Gasteiger partial charge in [0.1, 0.15) is 11.3 Å². The summed E-state index contributed by atoms with van der Waals surface area (Å²) in [4.78, 5) is 11.9. The fourth-order valence-corrected chi connectivity index (χ4v) is 2.36. The number of esters is 1. The first-order chi connectivity index (χ1) is 9.20. The molecule has 0 radical (unpaired) electrons. The number of anilines is 1. The van der Waals surface area contributed by atoms with Crippen molar-refractivity contribution in [3.8, 4) is 5.75 Å². The Morgan fingerprint density at radius 1 is 1.37 bits per heavy atom. The lowest BCUT2D eigenvalue weighted by Gasteiger charge is -2.09. The molecule has 0 aliphatic carbocycles. The van der Waals surface area contributed by atoms with Gasteiger partial charge < -0.3 is 15.2 Å². The largest absolute Gasteiger partial charge is 0.496 e.